The molecule has 0 aliphatic heterocycles. The molecule has 7 heteroatoms. The van der Waals surface area contributed by atoms with Crippen LogP contribution < -0.4 is 4.74 Å². The van der Waals surface area contributed by atoms with Crippen molar-refractivity contribution in [2.45, 2.75) is 13.0 Å². The Kier molecular flexibility index (Phi) is 5.30. The van der Waals surface area contributed by atoms with Gasteiger partial charge in [0, 0.05) is 5.56 Å². The lowest BCUT2D eigenvalue weighted by Gasteiger charge is -2.11. The molecule has 3 rings (SSSR count). The van der Waals surface area contributed by atoms with E-state index in [1.54, 1.807) is 31.2 Å². The Bertz CT molecular complexity index is 851. The third kappa shape index (κ3) is 4.36. The molecule has 0 radical (unpaired) electrons. The van der Waals surface area contributed by atoms with Gasteiger partial charge in [-0.3, -0.25) is 0 Å². The number of carbonyl (C=O) groups excluding carboxylic acids is 1. The molecule has 0 spiro atoms. The molecule has 0 N–H and O–H groups in total. The van der Waals surface area contributed by atoms with E-state index in [9.17, 15) is 4.79 Å². The van der Waals surface area contributed by atoms with E-state index in [1.807, 2.05) is 30.3 Å². The van der Waals surface area contributed by atoms with Crippen molar-refractivity contribution in [3.63, 3.8) is 0 Å². The van der Waals surface area contributed by atoms with E-state index in [2.05, 4.69) is 10.2 Å². The van der Waals surface area contributed by atoms with Gasteiger partial charge in [-0.15, -0.1) is 10.2 Å². The summed E-state index contributed by atoms with van der Waals surface area (Å²) >= 11 is 5.96. The van der Waals surface area contributed by atoms with Crippen molar-refractivity contribution >= 4 is 17.6 Å². The van der Waals surface area contributed by atoms with E-state index in [-0.39, 0.29) is 12.5 Å². The van der Waals surface area contributed by atoms with Crippen LogP contribution in [0.1, 0.15) is 18.9 Å². The number of ether oxygens (including phenoxy) is 2. The highest BCUT2D eigenvalue weighted by atomic mass is 35.5. The molecule has 0 fully saturated rings. The zero-order valence-electron chi connectivity index (χ0n) is 13.4. The zero-order chi connectivity index (χ0) is 17.6. The Labute approximate surface area is 149 Å². The number of para-hydroxylation sites is 1. The number of halogens is 1. The van der Waals surface area contributed by atoms with E-state index in [0.717, 1.165) is 5.56 Å². The van der Waals surface area contributed by atoms with Crippen LogP contribution in [0.15, 0.2) is 59.0 Å². The predicted molar refractivity (Wildman–Crippen MR) is 91.2 cm³/mol. The molecule has 128 valence electrons. The number of esters is 1. The maximum absolute atomic E-state index is 11.9. The highest BCUT2D eigenvalue weighted by Crippen LogP contribution is 2.24. The molecule has 1 atom stereocenters. The minimum Gasteiger partial charge on any atom is -0.480 e. The van der Waals surface area contributed by atoms with Crippen LogP contribution in [0.3, 0.4) is 0 Å². The number of aromatic nitrogens is 2. The van der Waals surface area contributed by atoms with Crippen LogP contribution in [0.5, 0.6) is 5.75 Å². The van der Waals surface area contributed by atoms with Crippen LogP contribution in [0, 0.1) is 0 Å². The summed E-state index contributed by atoms with van der Waals surface area (Å²) in [7, 11) is 0. The molecule has 0 amide bonds. The largest absolute Gasteiger partial charge is 0.480 e. The van der Waals surface area contributed by atoms with Gasteiger partial charge in [0.15, 0.2) is 12.7 Å². The molecule has 25 heavy (non-hydrogen) atoms. The smallest absolute Gasteiger partial charge is 0.344 e. The Morgan fingerprint density at radius 2 is 1.84 bits per heavy atom. The van der Waals surface area contributed by atoms with E-state index in [4.69, 9.17) is 25.5 Å². The standard InChI is InChI=1S/C18H15ClN2O4/c1-12(17-20-21-18(25-17)13-7-3-2-4-8-13)24-16(22)11-23-15-10-6-5-9-14(15)19/h2-10,12H,11H2,1H3/t12-/m0/s1. The second-order valence-electron chi connectivity index (χ2n) is 5.16. The number of hydrogen-bond acceptors (Lipinski definition) is 6. The van der Waals surface area contributed by atoms with Crippen LogP contribution in [0.25, 0.3) is 11.5 Å². The molecule has 0 aliphatic rings. The first kappa shape index (κ1) is 17.0. The van der Waals surface area contributed by atoms with Gasteiger partial charge in [0.2, 0.25) is 5.89 Å². The topological polar surface area (TPSA) is 74.5 Å². The molecular formula is C18H15ClN2O4. The molecule has 3 aromatic rings. The van der Waals surface area contributed by atoms with Crippen LogP contribution in [0.4, 0.5) is 0 Å². The molecule has 0 bridgehead atoms. The lowest BCUT2D eigenvalue weighted by molar-refractivity contribution is -0.152. The molecule has 0 aliphatic carbocycles. The summed E-state index contributed by atoms with van der Waals surface area (Å²) < 4.78 is 16.1. The highest BCUT2D eigenvalue weighted by Gasteiger charge is 2.19. The van der Waals surface area contributed by atoms with Gasteiger partial charge < -0.3 is 13.9 Å². The summed E-state index contributed by atoms with van der Waals surface area (Å²) in [6, 6.07) is 16.2. The van der Waals surface area contributed by atoms with Crippen LogP contribution >= 0.6 is 11.6 Å². The van der Waals surface area contributed by atoms with Crippen molar-refractivity contribution in [2.24, 2.45) is 0 Å². The van der Waals surface area contributed by atoms with Crippen molar-refractivity contribution in [3.05, 3.63) is 65.5 Å². The highest BCUT2D eigenvalue weighted by molar-refractivity contribution is 6.32. The average Bonchev–Trinajstić information content (AvgIpc) is 3.12. The maximum Gasteiger partial charge on any atom is 0.344 e. The fraction of sp³-hybridized carbons (Fsp3) is 0.167. The summed E-state index contributed by atoms with van der Waals surface area (Å²) in [5, 5.41) is 8.31. The molecule has 0 saturated heterocycles. The van der Waals surface area contributed by atoms with Crippen molar-refractivity contribution in [1.82, 2.24) is 10.2 Å². The minimum atomic E-state index is -0.688. The van der Waals surface area contributed by atoms with Crippen LogP contribution in [0.2, 0.25) is 5.02 Å². The predicted octanol–water partition coefficient (Wildman–Crippen LogP) is 4.07. The second kappa shape index (κ2) is 7.81. The number of hydrogen-bond donors (Lipinski definition) is 0. The van der Waals surface area contributed by atoms with Crippen molar-refractivity contribution in [1.29, 1.82) is 0 Å². The lowest BCUT2D eigenvalue weighted by atomic mass is 10.2. The van der Waals surface area contributed by atoms with Gasteiger partial charge in [-0.1, -0.05) is 41.9 Å². The summed E-state index contributed by atoms with van der Waals surface area (Å²) in [5.41, 5.74) is 0.793. The SMILES string of the molecule is C[C@H](OC(=O)COc1ccccc1Cl)c1nnc(-c2ccccc2)o1. The first-order chi connectivity index (χ1) is 12.1. The molecule has 1 aromatic heterocycles. The summed E-state index contributed by atoms with van der Waals surface area (Å²) in [4.78, 5) is 11.9. The Balaban J connectivity index is 1.57. The van der Waals surface area contributed by atoms with E-state index >= 15 is 0 Å². The summed E-state index contributed by atoms with van der Waals surface area (Å²) in [6.07, 6.45) is -0.688. The van der Waals surface area contributed by atoms with E-state index in [1.165, 1.54) is 0 Å². The van der Waals surface area contributed by atoms with Gasteiger partial charge in [0.05, 0.1) is 5.02 Å². The van der Waals surface area contributed by atoms with Crippen molar-refractivity contribution in [3.8, 4) is 17.2 Å². The molecule has 6 nitrogen and oxygen atoms in total. The number of rotatable bonds is 6. The molecule has 2 aromatic carbocycles. The molecule has 0 saturated carbocycles. The summed E-state index contributed by atoms with van der Waals surface area (Å²) in [6.45, 7) is 1.38. The monoisotopic (exact) mass is 358 g/mol. The average molecular weight is 359 g/mol. The zero-order valence-corrected chi connectivity index (χ0v) is 14.1. The Morgan fingerprint density at radius 3 is 2.60 bits per heavy atom. The molecular weight excluding hydrogens is 344 g/mol. The maximum atomic E-state index is 11.9. The third-order valence-electron chi connectivity index (χ3n) is 3.30. The molecule has 1 heterocycles. The first-order valence-electron chi connectivity index (χ1n) is 7.59. The van der Waals surface area contributed by atoms with Gasteiger partial charge in [-0.05, 0) is 31.2 Å². The minimum absolute atomic E-state index is 0.213. The first-order valence-corrected chi connectivity index (χ1v) is 7.97. The third-order valence-corrected chi connectivity index (χ3v) is 3.61. The second-order valence-corrected chi connectivity index (χ2v) is 5.57. The van der Waals surface area contributed by atoms with Crippen molar-refractivity contribution in [2.75, 3.05) is 6.61 Å². The van der Waals surface area contributed by atoms with Gasteiger partial charge in [-0.25, -0.2) is 4.79 Å². The van der Waals surface area contributed by atoms with Gasteiger partial charge >= 0.3 is 5.97 Å². The fourth-order valence-electron chi connectivity index (χ4n) is 2.08. The quantitative estimate of drug-likeness (QED) is 0.618. The van der Waals surface area contributed by atoms with Crippen molar-refractivity contribution < 1.29 is 18.7 Å². The van der Waals surface area contributed by atoms with E-state index < -0.39 is 12.1 Å². The Morgan fingerprint density at radius 1 is 1.12 bits per heavy atom. The summed E-state index contributed by atoms with van der Waals surface area (Å²) in [5.74, 6) is 0.431. The van der Waals surface area contributed by atoms with Gasteiger partial charge in [0.1, 0.15) is 5.75 Å². The number of nitrogens with zero attached hydrogens (tertiary/aromatic N) is 2. The number of benzene rings is 2. The molecule has 0 unspecified atom stereocenters. The Hall–Kier alpha value is -2.86. The number of carbonyl (C=O) groups is 1. The lowest BCUT2D eigenvalue weighted by Crippen LogP contribution is -2.17. The van der Waals surface area contributed by atoms with Crippen LogP contribution in [-0.2, 0) is 9.53 Å². The van der Waals surface area contributed by atoms with Crippen LogP contribution in [-0.4, -0.2) is 22.8 Å². The normalized spacial score (nSPS) is 11.8. The van der Waals surface area contributed by atoms with Gasteiger partial charge in [0.25, 0.3) is 5.89 Å². The van der Waals surface area contributed by atoms with Gasteiger partial charge in [-0.2, -0.15) is 0 Å². The fourth-order valence-corrected chi connectivity index (χ4v) is 2.27. The van der Waals surface area contributed by atoms with E-state index in [0.29, 0.717) is 16.7 Å².